The second-order valence-electron chi connectivity index (χ2n) is 4.91. The molecule has 23 heavy (non-hydrogen) atoms. The molecule has 1 aromatic heterocycles. The van der Waals surface area contributed by atoms with Gasteiger partial charge in [0.25, 0.3) is 0 Å². The van der Waals surface area contributed by atoms with Gasteiger partial charge in [-0.05, 0) is 17.7 Å². The zero-order valence-corrected chi connectivity index (χ0v) is 12.7. The SMILES string of the molecule is COc1nn(C)cc1CNC(=O)Cc1ccc(C(=O)O)c(F)c1. The first-order valence-corrected chi connectivity index (χ1v) is 6.75. The van der Waals surface area contributed by atoms with Crippen LogP contribution in [-0.2, 0) is 24.8 Å². The number of methoxy groups -OCH3 is 1. The second-order valence-corrected chi connectivity index (χ2v) is 4.91. The van der Waals surface area contributed by atoms with Crippen molar-refractivity contribution in [1.82, 2.24) is 15.1 Å². The number of ether oxygens (including phenoxy) is 1. The van der Waals surface area contributed by atoms with Crippen LogP contribution in [-0.4, -0.2) is 33.9 Å². The molecule has 2 rings (SSSR count). The molecule has 0 unspecified atom stereocenters. The first kappa shape index (κ1) is 16.5. The van der Waals surface area contributed by atoms with Crippen LogP contribution < -0.4 is 10.1 Å². The molecule has 1 heterocycles. The monoisotopic (exact) mass is 321 g/mol. The van der Waals surface area contributed by atoms with Crippen LogP contribution in [0.2, 0.25) is 0 Å². The number of rotatable bonds is 6. The number of carboxylic acids is 1. The summed E-state index contributed by atoms with van der Waals surface area (Å²) < 4.78 is 20.2. The topological polar surface area (TPSA) is 93.5 Å². The Bertz CT molecular complexity index is 742. The van der Waals surface area contributed by atoms with Crippen LogP contribution in [0.1, 0.15) is 21.5 Å². The van der Waals surface area contributed by atoms with Gasteiger partial charge in [0.05, 0.1) is 24.7 Å². The first-order valence-electron chi connectivity index (χ1n) is 6.75. The molecule has 8 heteroatoms. The largest absolute Gasteiger partial charge is 0.480 e. The number of hydrogen-bond donors (Lipinski definition) is 2. The quantitative estimate of drug-likeness (QED) is 0.832. The third-order valence-electron chi connectivity index (χ3n) is 3.16. The molecule has 0 aliphatic rings. The summed E-state index contributed by atoms with van der Waals surface area (Å²) in [4.78, 5) is 22.6. The summed E-state index contributed by atoms with van der Waals surface area (Å²) in [5, 5.41) is 15.5. The highest BCUT2D eigenvalue weighted by Crippen LogP contribution is 2.14. The maximum atomic E-state index is 13.6. The van der Waals surface area contributed by atoms with Gasteiger partial charge in [-0.25, -0.2) is 9.18 Å². The maximum absolute atomic E-state index is 13.6. The Balaban J connectivity index is 1.97. The molecular formula is C15H16FN3O4. The number of aryl methyl sites for hydroxylation is 1. The predicted molar refractivity (Wildman–Crippen MR) is 78.7 cm³/mol. The van der Waals surface area contributed by atoms with Crippen molar-refractivity contribution in [2.75, 3.05) is 7.11 Å². The molecule has 0 atom stereocenters. The zero-order valence-electron chi connectivity index (χ0n) is 12.7. The van der Waals surface area contributed by atoms with Crippen molar-refractivity contribution in [2.24, 2.45) is 7.05 Å². The summed E-state index contributed by atoms with van der Waals surface area (Å²) in [6.45, 7) is 0.228. The molecule has 1 aromatic carbocycles. The van der Waals surface area contributed by atoms with Gasteiger partial charge in [-0.3, -0.25) is 9.48 Å². The smallest absolute Gasteiger partial charge is 0.338 e. The van der Waals surface area contributed by atoms with Gasteiger partial charge < -0.3 is 15.2 Å². The van der Waals surface area contributed by atoms with Gasteiger partial charge in [0, 0.05) is 19.8 Å². The number of carboxylic acid groups (broad SMARTS) is 1. The van der Waals surface area contributed by atoms with Crippen molar-refractivity contribution in [3.05, 3.63) is 46.9 Å². The van der Waals surface area contributed by atoms with Crippen LogP contribution in [0.25, 0.3) is 0 Å². The summed E-state index contributed by atoms with van der Waals surface area (Å²) in [6.07, 6.45) is 1.67. The van der Waals surface area contributed by atoms with E-state index in [4.69, 9.17) is 9.84 Å². The number of hydrogen-bond acceptors (Lipinski definition) is 4. The van der Waals surface area contributed by atoms with Gasteiger partial charge in [-0.15, -0.1) is 5.10 Å². The molecule has 0 spiro atoms. The van der Waals surface area contributed by atoms with Crippen molar-refractivity contribution < 1.29 is 23.8 Å². The third-order valence-corrected chi connectivity index (χ3v) is 3.16. The van der Waals surface area contributed by atoms with E-state index in [-0.39, 0.29) is 18.9 Å². The number of nitrogens with zero attached hydrogens (tertiary/aromatic N) is 2. The number of carbonyl (C=O) groups excluding carboxylic acids is 1. The Morgan fingerprint density at radius 2 is 2.17 bits per heavy atom. The average molecular weight is 321 g/mol. The van der Waals surface area contributed by atoms with Crippen LogP contribution in [0.4, 0.5) is 4.39 Å². The van der Waals surface area contributed by atoms with E-state index in [1.165, 1.54) is 13.2 Å². The number of aromatic carboxylic acids is 1. The molecule has 7 nitrogen and oxygen atoms in total. The van der Waals surface area contributed by atoms with Crippen molar-refractivity contribution in [3.63, 3.8) is 0 Å². The van der Waals surface area contributed by atoms with Crippen molar-refractivity contribution >= 4 is 11.9 Å². The van der Waals surface area contributed by atoms with Gasteiger partial charge in [0.1, 0.15) is 5.82 Å². The number of halogens is 1. The van der Waals surface area contributed by atoms with Gasteiger partial charge in [-0.1, -0.05) is 6.07 Å². The fourth-order valence-corrected chi connectivity index (χ4v) is 2.09. The molecule has 2 N–H and O–H groups in total. The molecule has 0 aliphatic heterocycles. The average Bonchev–Trinajstić information content (AvgIpc) is 2.85. The fourth-order valence-electron chi connectivity index (χ4n) is 2.09. The van der Waals surface area contributed by atoms with E-state index in [1.807, 2.05) is 0 Å². The van der Waals surface area contributed by atoms with Gasteiger partial charge >= 0.3 is 5.97 Å². The molecular weight excluding hydrogens is 305 g/mol. The minimum atomic E-state index is -1.35. The lowest BCUT2D eigenvalue weighted by Crippen LogP contribution is -2.24. The Hall–Kier alpha value is -2.90. The molecule has 0 aliphatic carbocycles. The number of benzene rings is 1. The lowest BCUT2D eigenvalue weighted by molar-refractivity contribution is -0.120. The summed E-state index contributed by atoms with van der Waals surface area (Å²) >= 11 is 0. The van der Waals surface area contributed by atoms with Gasteiger partial charge in [0.15, 0.2) is 0 Å². The second kappa shape index (κ2) is 6.91. The van der Waals surface area contributed by atoms with Crippen molar-refractivity contribution in [3.8, 4) is 5.88 Å². The minimum Gasteiger partial charge on any atom is -0.480 e. The highest BCUT2D eigenvalue weighted by atomic mass is 19.1. The molecule has 2 aromatic rings. The van der Waals surface area contributed by atoms with Gasteiger partial charge in [0.2, 0.25) is 11.8 Å². The van der Waals surface area contributed by atoms with Crippen molar-refractivity contribution in [1.29, 1.82) is 0 Å². The third kappa shape index (κ3) is 4.06. The number of aromatic nitrogens is 2. The Kier molecular flexibility index (Phi) is 4.95. The van der Waals surface area contributed by atoms with Crippen molar-refractivity contribution in [2.45, 2.75) is 13.0 Å². The molecule has 0 saturated heterocycles. The van der Waals surface area contributed by atoms with Crippen LogP contribution in [0.3, 0.4) is 0 Å². The van der Waals surface area contributed by atoms with Gasteiger partial charge in [-0.2, -0.15) is 0 Å². The standard InChI is InChI=1S/C15H16FN3O4/c1-19-8-10(14(18-19)23-2)7-17-13(20)6-9-3-4-11(15(21)22)12(16)5-9/h3-5,8H,6-7H2,1-2H3,(H,17,20)(H,21,22). The minimum absolute atomic E-state index is 0.0562. The van der Waals surface area contributed by atoms with E-state index in [0.29, 0.717) is 11.4 Å². The highest BCUT2D eigenvalue weighted by Gasteiger charge is 2.13. The van der Waals surface area contributed by atoms with E-state index in [0.717, 1.165) is 17.7 Å². The Labute approximate surface area is 131 Å². The van der Waals surface area contributed by atoms with Crippen LogP contribution in [0.5, 0.6) is 5.88 Å². The van der Waals surface area contributed by atoms with Crippen LogP contribution in [0, 0.1) is 5.82 Å². The molecule has 1 amide bonds. The molecule has 0 saturated carbocycles. The maximum Gasteiger partial charge on any atom is 0.338 e. The lowest BCUT2D eigenvalue weighted by Gasteiger charge is -2.06. The molecule has 0 radical (unpaired) electrons. The number of amides is 1. The van der Waals surface area contributed by atoms with E-state index in [9.17, 15) is 14.0 Å². The lowest BCUT2D eigenvalue weighted by atomic mass is 10.1. The Morgan fingerprint density at radius 3 is 2.78 bits per heavy atom. The van der Waals surface area contributed by atoms with E-state index < -0.39 is 17.3 Å². The molecule has 0 fully saturated rings. The Morgan fingerprint density at radius 1 is 1.43 bits per heavy atom. The normalized spacial score (nSPS) is 10.4. The predicted octanol–water partition coefficient (Wildman–Crippen LogP) is 1.12. The van der Waals surface area contributed by atoms with E-state index in [2.05, 4.69) is 10.4 Å². The highest BCUT2D eigenvalue weighted by molar-refractivity contribution is 5.88. The van der Waals surface area contributed by atoms with Crippen LogP contribution in [0.15, 0.2) is 24.4 Å². The number of carbonyl (C=O) groups is 2. The summed E-state index contributed by atoms with van der Waals surface area (Å²) in [5.41, 5.74) is 0.688. The summed E-state index contributed by atoms with van der Waals surface area (Å²) in [6, 6.07) is 3.61. The zero-order chi connectivity index (χ0) is 17.0. The fraction of sp³-hybridized carbons (Fsp3) is 0.267. The summed E-state index contributed by atoms with van der Waals surface area (Å²) in [5.74, 6) is -2.11. The molecule has 0 bridgehead atoms. The summed E-state index contributed by atoms with van der Waals surface area (Å²) in [7, 11) is 3.22. The van der Waals surface area contributed by atoms with Crippen LogP contribution >= 0.6 is 0 Å². The molecule has 122 valence electrons. The van der Waals surface area contributed by atoms with E-state index in [1.54, 1.807) is 17.9 Å². The first-order chi connectivity index (χ1) is 10.9. The number of nitrogens with one attached hydrogen (secondary N) is 1. The van der Waals surface area contributed by atoms with E-state index >= 15 is 0 Å².